The lowest BCUT2D eigenvalue weighted by Gasteiger charge is -2.10. The number of carbonyl (C=O) groups is 1. The molecule has 1 heterocycles. The van der Waals surface area contributed by atoms with Crippen LogP contribution < -0.4 is 10.5 Å². The van der Waals surface area contributed by atoms with Crippen molar-refractivity contribution in [3.05, 3.63) is 65.6 Å². The van der Waals surface area contributed by atoms with Crippen molar-refractivity contribution in [1.82, 2.24) is 4.98 Å². The number of hydrogen-bond donors (Lipinski definition) is 2. The number of carboxylic acids is 1. The predicted molar refractivity (Wildman–Crippen MR) is 133 cm³/mol. The molecule has 0 saturated heterocycles. The lowest BCUT2D eigenvalue weighted by molar-refractivity contribution is -0.129. The van der Waals surface area contributed by atoms with Crippen molar-refractivity contribution in [3.8, 4) is 17.0 Å². The molecule has 0 spiro atoms. The molecule has 0 atom stereocenters. The summed E-state index contributed by atoms with van der Waals surface area (Å²) in [5.74, 6) is -1.05. The molecule has 2 aromatic carbocycles. The largest absolute Gasteiger partial charge is 0.497 e. The zero-order valence-corrected chi connectivity index (χ0v) is 20.3. The number of methoxy groups -OCH3 is 1. The highest BCUT2D eigenvalue weighted by Gasteiger charge is 2.22. The average molecular weight is 486 g/mol. The van der Waals surface area contributed by atoms with Gasteiger partial charge in [-0.3, -0.25) is 0 Å². The Balaban J connectivity index is 2.14. The van der Waals surface area contributed by atoms with Crippen LogP contribution in [0.3, 0.4) is 0 Å². The van der Waals surface area contributed by atoms with Gasteiger partial charge in [0, 0.05) is 22.1 Å². The molecular formula is C24H24FN3O3S2. The molecule has 0 aliphatic heterocycles. The number of benzene rings is 2. The third-order valence-electron chi connectivity index (χ3n) is 4.45. The molecule has 3 N–H and O–H groups in total. The molecule has 0 saturated carbocycles. The molecule has 0 bridgehead atoms. The van der Waals surface area contributed by atoms with E-state index in [9.17, 15) is 14.3 Å². The lowest BCUT2D eigenvalue weighted by atomic mass is 9.99. The fourth-order valence-electron chi connectivity index (χ4n) is 3.07. The van der Waals surface area contributed by atoms with Crippen LogP contribution in [-0.4, -0.2) is 34.1 Å². The summed E-state index contributed by atoms with van der Waals surface area (Å²) in [6, 6.07) is 13.1. The van der Waals surface area contributed by atoms with Crippen LogP contribution in [0.25, 0.3) is 16.8 Å². The number of thiazole rings is 1. The van der Waals surface area contributed by atoms with Gasteiger partial charge < -0.3 is 15.6 Å². The van der Waals surface area contributed by atoms with Gasteiger partial charge in [0.05, 0.1) is 17.0 Å². The Kier molecular flexibility index (Phi) is 7.88. The van der Waals surface area contributed by atoms with Crippen molar-refractivity contribution >= 4 is 45.5 Å². The number of aliphatic carboxylic acids is 1. The number of aliphatic imine (C=N–C) groups is 1. The second-order valence-corrected chi connectivity index (χ2v) is 10.2. The standard InChI is InChI=1S/C24H24FN3O3S2/c1-13(2)32-23-20(15-8-10-18(31-4)11-9-15)27-24(33-23)28-21(22(29)30)19(14(3)26)16-6-5-7-17(25)12-16/h5-13H,26H2,1-4H3,(H,29,30). The molecular weight excluding hydrogens is 461 g/mol. The normalized spacial score (nSPS) is 12.6. The number of carboxylic acid groups (broad SMARTS) is 1. The highest BCUT2D eigenvalue weighted by atomic mass is 32.2. The van der Waals surface area contributed by atoms with Crippen LogP contribution in [0.4, 0.5) is 9.52 Å². The average Bonchev–Trinajstić information content (AvgIpc) is 3.14. The number of halogens is 1. The molecule has 9 heteroatoms. The number of ether oxygens (including phenoxy) is 1. The molecule has 0 aliphatic carbocycles. The Bertz CT molecular complexity index is 1210. The Morgan fingerprint density at radius 2 is 1.94 bits per heavy atom. The first-order valence-electron chi connectivity index (χ1n) is 10.1. The minimum atomic E-state index is -1.28. The van der Waals surface area contributed by atoms with Crippen molar-refractivity contribution < 1.29 is 19.0 Å². The number of thioether (sulfide) groups is 1. The summed E-state index contributed by atoms with van der Waals surface area (Å²) in [6.07, 6.45) is 0. The third kappa shape index (κ3) is 6.00. The maximum atomic E-state index is 13.8. The van der Waals surface area contributed by atoms with Crippen LogP contribution in [0.15, 0.2) is 63.4 Å². The maximum absolute atomic E-state index is 13.8. The van der Waals surface area contributed by atoms with Crippen LogP contribution in [0, 0.1) is 5.82 Å². The van der Waals surface area contributed by atoms with Crippen LogP contribution >= 0.6 is 23.1 Å². The molecule has 0 unspecified atom stereocenters. The first kappa shape index (κ1) is 24.5. The first-order valence-corrected chi connectivity index (χ1v) is 11.8. The van der Waals surface area contributed by atoms with Gasteiger partial charge in [0.1, 0.15) is 11.6 Å². The second kappa shape index (κ2) is 10.6. The number of nitrogens with two attached hydrogens (primary N) is 1. The third-order valence-corrected chi connectivity index (χ3v) is 6.61. The van der Waals surface area contributed by atoms with Crippen LogP contribution in [0.1, 0.15) is 26.3 Å². The number of nitrogens with zero attached hydrogens (tertiary/aromatic N) is 2. The quantitative estimate of drug-likeness (QED) is 0.300. The van der Waals surface area contributed by atoms with E-state index in [2.05, 4.69) is 23.8 Å². The predicted octanol–water partition coefficient (Wildman–Crippen LogP) is 6.01. The summed E-state index contributed by atoms with van der Waals surface area (Å²) in [4.78, 5) is 21.2. The van der Waals surface area contributed by atoms with Crippen molar-refractivity contribution in [3.63, 3.8) is 0 Å². The lowest BCUT2D eigenvalue weighted by Crippen LogP contribution is -2.18. The van der Waals surface area contributed by atoms with E-state index in [0.29, 0.717) is 11.3 Å². The molecule has 33 heavy (non-hydrogen) atoms. The van der Waals surface area contributed by atoms with Gasteiger partial charge in [-0.2, -0.15) is 0 Å². The molecule has 0 radical (unpaired) electrons. The van der Waals surface area contributed by atoms with Crippen molar-refractivity contribution in [1.29, 1.82) is 0 Å². The van der Waals surface area contributed by atoms with Crippen LogP contribution in [0.2, 0.25) is 0 Å². The van der Waals surface area contributed by atoms with E-state index in [1.54, 1.807) is 31.9 Å². The van der Waals surface area contributed by atoms with Gasteiger partial charge in [-0.25, -0.2) is 19.2 Å². The van der Waals surface area contributed by atoms with Gasteiger partial charge in [-0.1, -0.05) is 37.3 Å². The van der Waals surface area contributed by atoms with E-state index < -0.39 is 11.8 Å². The Labute approximate surface area is 200 Å². The molecule has 6 nitrogen and oxygen atoms in total. The van der Waals surface area contributed by atoms with Crippen molar-refractivity contribution in [2.75, 3.05) is 7.11 Å². The molecule has 3 rings (SSSR count). The van der Waals surface area contributed by atoms with Gasteiger partial charge in [0.15, 0.2) is 5.71 Å². The van der Waals surface area contributed by atoms with Crippen molar-refractivity contribution in [2.24, 2.45) is 10.7 Å². The van der Waals surface area contributed by atoms with Gasteiger partial charge in [-0.05, 0) is 48.9 Å². The summed E-state index contributed by atoms with van der Waals surface area (Å²) in [7, 11) is 1.60. The molecule has 0 aliphatic rings. The van der Waals surface area contributed by atoms with Gasteiger partial charge in [0.25, 0.3) is 0 Å². The first-order chi connectivity index (χ1) is 15.7. The van der Waals surface area contributed by atoms with E-state index in [1.807, 2.05) is 24.3 Å². The summed E-state index contributed by atoms with van der Waals surface area (Å²) < 4.78 is 20.0. The fraction of sp³-hybridized carbons (Fsp3) is 0.208. The molecule has 3 aromatic rings. The molecule has 1 aromatic heterocycles. The van der Waals surface area contributed by atoms with E-state index in [-0.39, 0.29) is 27.4 Å². The van der Waals surface area contributed by atoms with Gasteiger partial charge in [0.2, 0.25) is 5.13 Å². The Morgan fingerprint density at radius 3 is 2.48 bits per heavy atom. The van der Waals surface area contributed by atoms with E-state index in [4.69, 9.17) is 10.5 Å². The van der Waals surface area contributed by atoms with Gasteiger partial charge >= 0.3 is 5.97 Å². The zero-order chi connectivity index (χ0) is 24.1. The monoisotopic (exact) mass is 485 g/mol. The SMILES string of the molecule is COc1ccc(-c2nc(N=C(C(=O)O)C(=C(C)N)c3cccc(F)c3)sc2SC(C)C)cc1. The summed E-state index contributed by atoms with van der Waals surface area (Å²) in [5.41, 5.74) is 8.00. The molecule has 172 valence electrons. The van der Waals surface area contributed by atoms with Crippen molar-refractivity contribution in [2.45, 2.75) is 30.2 Å². The molecule has 0 amide bonds. The summed E-state index contributed by atoms with van der Waals surface area (Å²) >= 11 is 2.92. The van der Waals surface area contributed by atoms with Gasteiger partial charge in [-0.15, -0.1) is 11.8 Å². The highest BCUT2D eigenvalue weighted by Crippen LogP contribution is 2.42. The number of hydrogen-bond acceptors (Lipinski definition) is 7. The molecule has 0 fully saturated rings. The summed E-state index contributed by atoms with van der Waals surface area (Å²) in [6.45, 7) is 5.69. The Hall–Kier alpha value is -3.17. The minimum absolute atomic E-state index is 0.154. The fourth-order valence-corrected chi connectivity index (χ4v) is 5.47. The topological polar surface area (TPSA) is 97.8 Å². The highest BCUT2D eigenvalue weighted by molar-refractivity contribution is 8.01. The summed E-state index contributed by atoms with van der Waals surface area (Å²) in [5, 5.41) is 10.5. The van der Waals surface area contributed by atoms with E-state index in [0.717, 1.165) is 15.5 Å². The second-order valence-electron chi connectivity index (χ2n) is 7.36. The number of allylic oxidation sites excluding steroid dienone is 1. The maximum Gasteiger partial charge on any atom is 0.355 e. The van der Waals surface area contributed by atoms with Crippen LogP contribution in [-0.2, 0) is 4.79 Å². The van der Waals surface area contributed by atoms with E-state index in [1.165, 1.54) is 29.5 Å². The van der Waals surface area contributed by atoms with Crippen LogP contribution in [0.5, 0.6) is 5.75 Å². The smallest absolute Gasteiger partial charge is 0.355 e. The minimum Gasteiger partial charge on any atom is -0.497 e. The van der Waals surface area contributed by atoms with E-state index >= 15 is 0 Å². The number of rotatable bonds is 8. The number of aromatic nitrogens is 1. The zero-order valence-electron chi connectivity index (χ0n) is 18.6. The Morgan fingerprint density at radius 1 is 1.24 bits per heavy atom.